The van der Waals surface area contributed by atoms with Gasteiger partial charge in [0, 0.05) is 25.7 Å². The van der Waals surface area contributed by atoms with Gasteiger partial charge in [0.2, 0.25) is 0 Å². The molecule has 0 radical (unpaired) electrons. The van der Waals surface area contributed by atoms with Crippen LogP contribution in [0.25, 0.3) is 0 Å². The molecule has 1 aromatic heterocycles. The minimum absolute atomic E-state index is 0.0236. The summed E-state index contributed by atoms with van der Waals surface area (Å²) >= 11 is 5.95. The van der Waals surface area contributed by atoms with Crippen molar-refractivity contribution in [1.29, 1.82) is 0 Å². The molecule has 0 aliphatic carbocycles. The van der Waals surface area contributed by atoms with Crippen LogP contribution in [0.2, 0.25) is 5.15 Å². The molecule has 37 heavy (non-hydrogen) atoms. The van der Waals surface area contributed by atoms with Crippen LogP contribution in [0.5, 0.6) is 0 Å². The van der Waals surface area contributed by atoms with Crippen molar-refractivity contribution in [2.24, 2.45) is 0 Å². The molecule has 3 nitrogen and oxygen atoms in total. The fraction of sp³-hybridized carbons (Fsp3) is 0.233. The molecule has 4 aromatic rings. The normalized spacial score (nSPS) is 17.1. The summed E-state index contributed by atoms with van der Waals surface area (Å²) in [6.45, 7) is 4.00. The Labute approximate surface area is 220 Å². The molecule has 1 saturated heterocycles. The Hall–Kier alpha value is -3.35. The van der Waals surface area contributed by atoms with Gasteiger partial charge in [-0.05, 0) is 35.7 Å². The molecule has 7 heteroatoms. The Morgan fingerprint density at radius 2 is 1.22 bits per heavy atom. The number of rotatable bonds is 5. The van der Waals surface area contributed by atoms with Crippen molar-refractivity contribution in [2.45, 2.75) is 24.7 Å². The van der Waals surface area contributed by atoms with E-state index in [0.717, 1.165) is 22.8 Å². The molecule has 0 bridgehead atoms. The summed E-state index contributed by atoms with van der Waals surface area (Å²) in [7, 11) is 0. The van der Waals surface area contributed by atoms with Gasteiger partial charge in [-0.3, -0.25) is 4.90 Å². The van der Waals surface area contributed by atoms with E-state index >= 15 is 0 Å². The number of hydrogen-bond acceptors (Lipinski definition) is 3. The van der Waals surface area contributed by atoms with Crippen molar-refractivity contribution in [1.82, 2.24) is 9.88 Å². The number of alkyl halides is 3. The third-order valence-electron chi connectivity index (χ3n) is 7.11. The predicted molar refractivity (Wildman–Crippen MR) is 142 cm³/mol. The number of benzene rings is 3. The van der Waals surface area contributed by atoms with Crippen molar-refractivity contribution < 1.29 is 13.2 Å². The Morgan fingerprint density at radius 1 is 0.730 bits per heavy atom. The van der Waals surface area contributed by atoms with E-state index in [2.05, 4.69) is 89.6 Å². The molecule has 190 valence electrons. The number of anilines is 1. The number of halogens is 4. The maximum Gasteiger partial charge on any atom is 0.419 e. The first-order valence-corrected chi connectivity index (χ1v) is 12.6. The SMILES string of the molecule is CC1CN(C(c2ccccc2)(c2ccccc2)c2ccccc2)CCN1c1ccc(C(F)(F)F)c(Cl)n1. The van der Waals surface area contributed by atoms with Crippen LogP contribution in [0.3, 0.4) is 0 Å². The van der Waals surface area contributed by atoms with Crippen LogP contribution in [0.1, 0.15) is 29.2 Å². The van der Waals surface area contributed by atoms with E-state index in [1.807, 2.05) is 23.1 Å². The summed E-state index contributed by atoms with van der Waals surface area (Å²) in [6.07, 6.45) is -4.53. The average molecular weight is 522 g/mol. The van der Waals surface area contributed by atoms with E-state index < -0.39 is 22.4 Å². The highest BCUT2D eigenvalue weighted by molar-refractivity contribution is 6.30. The van der Waals surface area contributed by atoms with Gasteiger partial charge in [0.1, 0.15) is 11.0 Å². The monoisotopic (exact) mass is 521 g/mol. The topological polar surface area (TPSA) is 19.4 Å². The number of pyridine rings is 1. The lowest BCUT2D eigenvalue weighted by Crippen LogP contribution is -2.60. The van der Waals surface area contributed by atoms with Crippen molar-refractivity contribution in [3.05, 3.63) is 131 Å². The summed E-state index contributed by atoms with van der Waals surface area (Å²) in [5.74, 6) is 0.454. The van der Waals surface area contributed by atoms with E-state index in [1.54, 1.807) is 0 Å². The standard InChI is InChI=1S/C30H27ClF3N3/c1-22-21-36(19-20-37(22)27-18-17-26(28(31)35-27)30(32,33)34)29(23-11-5-2-6-12-23,24-13-7-3-8-14-24)25-15-9-4-10-16-25/h2-18,22H,19-21H2,1H3. The Kier molecular flexibility index (Phi) is 6.97. The minimum atomic E-state index is -4.53. The van der Waals surface area contributed by atoms with Gasteiger partial charge in [-0.2, -0.15) is 13.2 Å². The van der Waals surface area contributed by atoms with E-state index in [9.17, 15) is 13.2 Å². The number of hydrogen-bond donors (Lipinski definition) is 0. The third-order valence-corrected chi connectivity index (χ3v) is 7.40. The molecule has 1 unspecified atom stereocenters. The fourth-order valence-corrected chi connectivity index (χ4v) is 5.74. The summed E-state index contributed by atoms with van der Waals surface area (Å²) in [5, 5.41) is -0.521. The molecule has 1 fully saturated rings. The molecule has 1 aliphatic rings. The highest BCUT2D eigenvalue weighted by Gasteiger charge is 2.44. The average Bonchev–Trinajstić information content (AvgIpc) is 2.90. The molecule has 2 heterocycles. The largest absolute Gasteiger partial charge is 0.419 e. The first-order chi connectivity index (χ1) is 17.8. The number of nitrogens with zero attached hydrogens (tertiary/aromatic N) is 3. The van der Waals surface area contributed by atoms with Gasteiger partial charge < -0.3 is 4.90 Å². The zero-order valence-corrected chi connectivity index (χ0v) is 21.1. The summed E-state index contributed by atoms with van der Waals surface area (Å²) in [6, 6.07) is 33.8. The lowest BCUT2D eigenvalue weighted by Gasteiger charge is -2.51. The molecule has 3 aromatic carbocycles. The van der Waals surface area contributed by atoms with Gasteiger partial charge in [0.15, 0.2) is 0 Å². The van der Waals surface area contributed by atoms with Crippen LogP contribution in [-0.4, -0.2) is 35.6 Å². The Bertz CT molecular complexity index is 1230. The zero-order chi connectivity index (χ0) is 26.0. The van der Waals surface area contributed by atoms with Crippen LogP contribution < -0.4 is 4.90 Å². The van der Waals surface area contributed by atoms with Crippen LogP contribution in [0.4, 0.5) is 19.0 Å². The van der Waals surface area contributed by atoms with Crippen molar-refractivity contribution in [3.63, 3.8) is 0 Å². The molecular formula is C30H27ClF3N3. The van der Waals surface area contributed by atoms with Crippen molar-refractivity contribution in [2.75, 3.05) is 24.5 Å². The molecule has 5 rings (SSSR count). The maximum atomic E-state index is 13.2. The molecule has 1 atom stereocenters. The minimum Gasteiger partial charge on any atom is -0.351 e. The van der Waals surface area contributed by atoms with Gasteiger partial charge in [0.25, 0.3) is 0 Å². The molecule has 0 N–H and O–H groups in total. The van der Waals surface area contributed by atoms with Crippen LogP contribution in [0, 0.1) is 0 Å². The molecule has 1 aliphatic heterocycles. The molecule has 0 amide bonds. The van der Waals surface area contributed by atoms with Gasteiger partial charge in [-0.1, -0.05) is 103 Å². The van der Waals surface area contributed by atoms with E-state index in [4.69, 9.17) is 11.6 Å². The quantitative estimate of drug-likeness (QED) is 0.203. The van der Waals surface area contributed by atoms with Crippen LogP contribution in [0.15, 0.2) is 103 Å². The molecule has 0 spiro atoms. The van der Waals surface area contributed by atoms with Crippen molar-refractivity contribution in [3.8, 4) is 0 Å². The van der Waals surface area contributed by atoms with E-state index in [1.165, 1.54) is 6.07 Å². The van der Waals surface area contributed by atoms with Gasteiger partial charge >= 0.3 is 6.18 Å². The van der Waals surface area contributed by atoms with E-state index in [-0.39, 0.29) is 6.04 Å². The highest BCUT2D eigenvalue weighted by atomic mass is 35.5. The number of piperazine rings is 1. The molecular weight excluding hydrogens is 495 g/mol. The second-order valence-electron chi connectivity index (χ2n) is 9.30. The second kappa shape index (κ2) is 10.2. The summed E-state index contributed by atoms with van der Waals surface area (Å²) in [5.41, 5.74) is 2.01. The first kappa shape index (κ1) is 25.3. The van der Waals surface area contributed by atoms with Gasteiger partial charge in [-0.15, -0.1) is 0 Å². The second-order valence-corrected chi connectivity index (χ2v) is 9.66. The van der Waals surface area contributed by atoms with Gasteiger partial charge in [-0.25, -0.2) is 4.98 Å². The fourth-order valence-electron chi connectivity index (χ4n) is 5.48. The number of aromatic nitrogens is 1. The lowest BCUT2D eigenvalue weighted by molar-refractivity contribution is -0.137. The lowest BCUT2D eigenvalue weighted by atomic mass is 9.75. The summed E-state index contributed by atoms with van der Waals surface area (Å²) < 4.78 is 39.7. The Balaban J connectivity index is 1.56. The zero-order valence-electron chi connectivity index (χ0n) is 20.4. The van der Waals surface area contributed by atoms with Crippen LogP contribution in [-0.2, 0) is 11.7 Å². The predicted octanol–water partition coefficient (Wildman–Crippen LogP) is 7.26. The van der Waals surface area contributed by atoms with Crippen molar-refractivity contribution >= 4 is 17.4 Å². The first-order valence-electron chi connectivity index (χ1n) is 12.2. The maximum absolute atomic E-state index is 13.2. The third kappa shape index (κ3) is 4.72. The van der Waals surface area contributed by atoms with Gasteiger partial charge in [0.05, 0.1) is 11.1 Å². The Morgan fingerprint density at radius 3 is 1.62 bits per heavy atom. The highest BCUT2D eigenvalue weighted by Crippen LogP contribution is 2.44. The smallest absolute Gasteiger partial charge is 0.351 e. The summed E-state index contributed by atoms with van der Waals surface area (Å²) in [4.78, 5) is 8.64. The van der Waals surface area contributed by atoms with E-state index in [0.29, 0.717) is 25.5 Å². The van der Waals surface area contributed by atoms with Crippen LogP contribution >= 0.6 is 11.6 Å². The molecule has 0 saturated carbocycles.